The van der Waals surface area contributed by atoms with Crippen molar-refractivity contribution >= 4 is 5.78 Å². The summed E-state index contributed by atoms with van der Waals surface area (Å²) >= 11 is 0. The van der Waals surface area contributed by atoms with Crippen LogP contribution in [0, 0.1) is 0 Å². The maximum atomic E-state index is 13.0. The van der Waals surface area contributed by atoms with Gasteiger partial charge in [0.05, 0.1) is 25.7 Å². The van der Waals surface area contributed by atoms with Gasteiger partial charge >= 0.3 is 0 Å². The van der Waals surface area contributed by atoms with Crippen molar-refractivity contribution in [3.63, 3.8) is 0 Å². The lowest BCUT2D eigenvalue weighted by atomic mass is 9.87. The highest BCUT2D eigenvalue weighted by molar-refractivity contribution is 6.03. The van der Waals surface area contributed by atoms with Gasteiger partial charge in [0.25, 0.3) is 0 Å². The average molecular weight is 464 g/mol. The number of ketones is 1. The minimum absolute atomic E-state index is 0.0218. The quantitative estimate of drug-likeness (QED) is 0.303. The summed E-state index contributed by atoms with van der Waals surface area (Å²) in [6.07, 6.45) is -8.68. The molecule has 4 rings (SSSR count). The van der Waals surface area contributed by atoms with Crippen LogP contribution in [-0.4, -0.2) is 79.7 Å². The number of carbonyl (C=O) groups is 1. The van der Waals surface area contributed by atoms with Crippen LogP contribution < -0.4 is 9.47 Å². The van der Waals surface area contributed by atoms with Gasteiger partial charge in [-0.1, -0.05) is 6.07 Å². The molecule has 0 radical (unpaired) electrons. The van der Waals surface area contributed by atoms with E-state index in [4.69, 9.17) is 14.2 Å². The molecule has 33 heavy (non-hydrogen) atoms. The van der Waals surface area contributed by atoms with E-state index in [0.29, 0.717) is 5.56 Å². The number of hydrogen-bond acceptors (Lipinski definition) is 11. The van der Waals surface area contributed by atoms with Crippen LogP contribution in [0.5, 0.6) is 28.7 Å². The Labute approximate surface area is 187 Å². The van der Waals surface area contributed by atoms with Gasteiger partial charge in [-0.25, -0.2) is 0 Å². The molecule has 1 saturated heterocycles. The van der Waals surface area contributed by atoms with Crippen molar-refractivity contribution in [1.82, 2.24) is 0 Å². The third-order valence-corrected chi connectivity index (χ3v) is 5.95. The average Bonchev–Trinajstić information content (AvgIpc) is 2.79. The standard InChI is InChI=1S/C22H24O11/c1-31-13-6-14-16(11(26)5-12(32-14)8-2-3-9(24)10(25)4-8)19(28)17(13)22-21(30)20(29)18(27)15(7-23)33-22/h2-4,6,12,15,18,20-25,27-30H,5,7H2,1H3/t12?,15-,18-,20+,21-,22+/m1/s1. The van der Waals surface area contributed by atoms with Crippen LogP contribution in [0.1, 0.15) is 40.1 Å². The van der Waals surface area contributed by atoms with E-state index in [1.54, 1.807) is 0 Å². The molecule has 0 saturated carbocycles. The molecule has 0 spiro atoms. The van der Waals surface area contributed by atoms with Crippen LogP contribution in [0.2, 0.25) is 0 Å². The first-order valence-corrected chi connectivity index (χ1v) is 10.1. The highest BCUT2D eigenvalue weighted by Gasteiger charge is 2.47. The van der Waals surface area contributed by atoms with Gasteiger partial charge in [-0.05, 0) is 17.7 Å². The number of Topliss-reactive ketones (excluding diaryl/α,β-unsaturated/α-hetero) is 1. The third-order valence-electron chi connectivity index (χ3n) is 5.95. The van der Waals surface area contributed by atoms with E-state index in [2.05, 4.69) is 0 Å². The highest BCUT2D eigenvalue weighted by atomic mass is 16.5. The van der Waals surface area contributed by atoms with E-state index in [9.17, 15) is 40.5 Å². The van der Waals surface area contributed by atoms with Crippen LogP contribution in [0.4, 0.5) is 0 Å². The maximum Gasteiger partial charge on any atom is 0.174 e. The second-order valence-electron chi connectivity index (χ2n) is 7.95. The minimum atomic E-state index is -1.70. The fraction of sp³-hybridized carbons (Fsp3) is 0.409. The summed E-state index contributed by atoms with van der Waals surface area (Å²) < 4.78 is 16.7. The zero-order valence-electron chi connectivity index (χ0n) is 17.5. The van der Waals surface area contributed by atoms with E-state index in [0.717, 1.165) is 0 Å². The van der Waals surface area contributed by atoms with Crippen LogP contribution in [0.15, 0.2) is 24.3 Å². The first kappa shape index (κ1) is 23.1. The van der Waals surface area contributed by atoms with Crippen LogP contribution >= 0.6 is 0 Å². The molecular weight excluding hydrogens is 440 g/mol. The Morgan fingerprint density at radius 3 is 2.39 bits per heavy atom. The molecule has 2 aliphatic rings. The molecule has 11 nitrogen and oxygen atoms in total. The lowest BCUT2D eigenvalue weighted by Crippen LogP contribution is -2.55. The molecule has 1 unspecified atom stereocenters. The summed E-state index contributed by atoms with van der Waals surface area (Å²) in [6.45, 7) is -0.668. The first-order valence-electron chi connectivity index (χ1n) is 10.1. The number of fused-ring (bicyclic) bond motifs is 1. The monoisotopic (exact) mass is 464 g/mol. The number of benzene rings is 2. The minimum Gasteiger partial charge on any atom is -0.507 e. The predicted molar refractivity (Wildman–Crippen MR) is 109 cm³/mol. The lowest BCUT2D eigenvalue weighted by molar-refractivity contribution is -0.232. The van der Waals surface area contributed by atoms with Gasteiger partial charge in [-0.2, -0.15) is 0 Å². The zero-order chi connectivity index (χ0) is 24.0. The van der Waals surface area contributed by atoms with Crippen molar-refractivity contribution in [2.75, 3.05) is 13.7 Å². The number of rotatable bonds is 4. The highest BCUT2D eigenvalue weighted by Crippen LogP contribution is 2.49. The van der Waals surface area contributed by atoms with Gasteiger partial charge in [0.2, 0.25) is 0 Å². The number of carbonyl (C=O) groups excluding carboxylic acids is 1. The molecule has 0 aromatic heterocycles. The van der Waals surface area contributed by atoms with Gasteiger partial charge in [0.15, 0.2) is 17.3 Å². The van der Waals surface area contributed by atoms with E-state index in [1.807, 2.05) is 0 Å². The second-order valence-corrected chi connectivity index (χ2v) is 7.95. The Bertz CT molecular complexity index is 1070. The molecule has 0 aliphatic carbocycles. The van der Waals surface area contributed by atoms with Gasteiger partial charge < -0.3 is 50.0 Å². The Kier molecular flexibility index (Phi) is 6.08. The van der Waals surface area contributed by atoms with Crippen LogP contribution in [0.25, 0.3) is 0 Å². The number of phenols is 3. The summed E-state index contributed by atoms with van der Waals surface area (Å²) in [6, 6.07) is 5.32. The Balaban J connectivity index is 1.76. The van der Waals surface area contributed by atoms with Crippen molar-refractivity contribution in [1.29, 1.82) is 0 Å². The third kappa shape index (κ3) is 3.83. The molecule has 2 aromatic rings. The van der Waals surface area contributed by atoms with Crippen LogP contribution in [0.3, 0.4) is 0 Å². The van der Waals surface area contributed by atoms with Gasteiger partial charge in [-0.15, -0.1) is 0 Å². The zero-order valence-corrected chi connectivity index (χ0v) is 17.5. The number of methoxy groups -OCH3 is 1. The number of aromatic hydroxyl groups is 3. The molecule has 0 bridgehead atoms. The SMILES string of the molecule is COc1cc2c(c(O)c1[C@@H]1O[C@H](CO)[C@@H](O)[C@H](O)[C@H]1O)C(=O)CC(c1ccc(O)c(O)c1)O2. The molecule has 178 valence electrons. The molecule has 11 heteroatoms. The van der Waals surface area contributed by atoms with Gasteiger partial charge in [-0.3, -0.25) is 4.79 Å². The van der Waals surface area contributed by atoms with Gasteiger partial charge in [0.1, 0.15) is 59.4 Å². The lowest BCUT2D eigenvalue weighted by Gasteiger charge is -2.41. The summed E-state index contributed by atoms with van der Waals surface area (Å²) in [4.78, 5) is 13.0. The first-order chi connectivity index (χ1) is 15.7. The van der Waals surface area contributed by atoms with E-state index in [-0.39, 0.29) is 40.5 Å². The van der Waals surface area contributed by atoms with E-state index < -0.39 is 54.8 Å². The Morgan fingerprint density at radius 2 is 1.76 bits per heavy atom. The summed E-state index contributed by atoms with van der Waals surface area (Å²) in [5, 5.41) is 70.4. The van der Waals surface area contributed by atoms with Crippen molar-refractivity contribution in [3.8, 4) is 28.7 Å². The molecule has 2 aromatic carbocycles. The van der Waals surface area contributed by atoms with Gasteiger partial charge in [0, 0.05) is 6.07 Å². The summed E-state index contributed by atoms with van der Waals surface area (Å²) in [5.74, 6) is -1.87. The predicted octanol–water partition coefficient (Wildman–Crippen LogP) is 0.0334. The molecule has 0 amide bonds. The number of hydrogen-bond donors (Lipinski definition) is 7. The maximum absolute atomic E-state index is 13.0. The molecule has 2 heterocycles. The van der Waals surface area contributed by atoms with Crippen molar-refractivity contribution in [2.24, 2.45) is 0 Å². The molecule has 2 aliphatic heterocycles. The fourth-order valence-corrected chi connectivity index (χ4v) is 4.18. The van der Waals surface area contributed by atoms with E-state index in [1.165, 1.54) is 31.4 Å². The Hall–Kier alpha value is -3.09. The normalized spacial score (nSPS) is 29.3. The number of aliphatic hydroxyl groups is 4. The molecule has 6 atom stereocenters. The molecule has 1 fully saturated rings. The van der Waals surface area contributed by atoms with Crippen molar-refractivity contribution in [2.45, 2.75) is 43.0 Å². The summed E-state index contributed by atoms with van der Waals surface area (Å²) in [5.41, 5.74) is 0.0774. The second kappa shape index (κ2) is 8.69. The fourth-order valence-electron chi connectivity index (χ4n) is 4.18. The number of aliphatic hydroxyl groups excluding tert-OH is 4. The van der Waals surface area contributed by atoms with E-state index >= 15 is 0 Å². The summed E-state index contributed by atoms with van der Waals surface area (Å²) in [7, 11) is 1.27. The largest absolute Gasteiger partial charge is 0.507 e. The van der Waals surface area contributed by atoms with Crippen molar-refractivity contribution < 1.29 is 54.8 Å². The smallest absolute Gasteiger partial charge is 0.174 e. The number of ether oxygens (including phenoxy) is 3. The molecule has 7 N–H and O–H groups in total. The topological polar surface area (TPSA) is 186 Å². The molecular formula is C22H24O11. The van der Waals surface area contributed by atoms with Crippen molar-refractivity contribution in [3.05, 3.63) is 41.0 Å². The number of phenolic OH excluding ortho intramolecular Hbond substituents is 3. The Morgan fingerprint density at radius 1 is 1.03 bits per heavy atom. The van der Waals surface area contributed by atoms with Crippen LogP contribution in [-0.2, 0) is 4.74 Å².